The van der Waals surface area contributed by atoms with Gasteiger partial charge in [-0.25, -0.2) is 13.1 Å². The van der Waals surface area contributed by atoms with E-state index in [9.17, 15) is 18.5 Å². The maximum absolute atomic E-state index is 12.3. The lowest BCUT2D eigenvalue weighted by Crippen LogP contribution is -2.45. The molecule has 0 radical (unpaired) electrons. The van der Waals surface area contributed by atoms with Gasteiger partial charge in [-0.3, -0.25) is 15.1 Å². The molecule has 0 bridgehead atoms. The summed E-state index contributed by atoms with van der Waals surface area (Å²) in [5, 5.41) is 17.1. The third-order valence-corrected chi connectivity index (χ3v) is 5.98. The molecular formula is C20H27N5O4S. The molecule has 162 valence electrons. The van der Waals surface area contributed by atoms with Gasteiger partial charge in [0.05, 0.1) is 9.82 Å². The molecule has 0 aliphatic rings. The van der Waals surface area contributed by atoms with Gasteiger partial charge in [0, 0.05) is 44.2 Å². The summed E-state index contributed by atoms with van der Waals surface area (Å²) in [6.07, 6.45) is 0. The lowest BCUT2D eigenvalue weighted by atomic mass is 9.85. The number of hydrogen-bond acceptors (Lipinski definition) is 5. The van der Waals surface area contributed by atoms with Gasteiger partial charge < -0.3 is 10.6 Å². The molecule has 0 amide bonds. The molecule has 0 heterocycles. The van der Waals surface area contributed by atoms with E-state index in [0.717, 1.165) is 6.07 Å². The Balaban J connectivity index is 1.85. The summed E-state index contributed by atoms with van der Waals surface area (Å²) in [7, 11) is -2.21. The van der Waals surface area contributed by atoms with Crippen LogP contribution < -0.4 is 15.4 Å². The second kappa shape index (κ2) is 10.2. The fraction of sp³-hybridized carbons (Fsp3) is 0.350. The number of aliphatic imine (C=N–C) groups is 1. The number of nitrogens with zero attached hydrogens (tertiary/aromatic N) is 2. The molecule has 2 aromatic carbocycles. The van der Waals surface area contributed by atoms with Crippen LogP contribution in [-0.4, -0.2) is 46.0 Å². The first kappa shape index (κ1) is 23.3. The average Bonchev–Trinajstić information content (AvgIpc) is 2.74. The summed E-state index contributed by atoms with van der Waals surface area (Å²) in [6, 6.07) is 15.0. The Morgan fingerprint density at radius 3 is 2.40 bits per heavy atom. The number of nitro benzene ring substituents is 1. The third kappa shape index (κ3) is 6.53. The van der Waals surface area contributed by atoms with Crippen LogP contribution in [0.25, 0.3) is 0 Å². The Bertz CT molecular complexity index is 991. The normalized spacial score (nSPS) is 12.4. The summed E-state index contributed by atoms with van der Waals surface area (Å²) in [5.74, 6) is 0.550. The first-order valence-corrected chi connectivity index (χ1v) is 10.9. The van der Waals surface area contributed by atoms with Crippen LogP contribution in [0.4, 0.5) is 5.69 Å². The molecule has 3 N–H and O–H groups in total. The van der Waals surface area contributed by atoms with Crippen molar-refractivity contribution in [3.05, 3.63) is 70.3 Å². The monoisotopic (exact) mass is 433 g/mol. The Kier molecular flexibility index (Phi) is 7.90. The minimum atomic E-state index is -3.85. The molecule has 30 heavy (non-hydrogen) atoms. The van der Waals surface area contributed by atoms with Gasteiger partial charge in [-0.1, -0.05) is 50.2 Å². The van der Waals surface area contributed by atoms with Crippen LogP contribution >= 0.6 is 0 Å². The van der Waals surface area contributed by atoms with Crippen molar-refractivity contribution in [1.29, 1.82) is 0 Å². The van der Waals surface area contributed by atoms with E-state index < -0.39 is 14.9 Å². The molecule has 0 aromatic heterocycles. The van der Waals surface area contributed by atoms with Crippen molar-refractivity contribution in [2.75, 3.05) is 26.7 Å². The highest BCUT2D eigenvalue weighted by molar-refractivity contribution is 7.89. The maximum Gasteiger partial charge on any atom is 0.270 e. The van der Waals surface area contributed by atoms with E-state index in [2.05, 4.69) is 46.3 Å². The number of rotatable bonds is 9. The molecule has 0 aliphatic carbocycles. The molecular weight excluding hydrogens is 406 g/mol. The fourth-order valence-electron chi connectivity index (χ4n) is 2.73. The average molecular weight is 434 g/mol. The van der Waals surface area contributed by atoms with Crippen LogP contribution in [0.1, 0.15) is 19.4 Å². The van der Waals surface area contributed by atoms with Gasteiger partial charge in [-0.2, -0.15) is 0 Å². The van der Waals surface area contributed by atoms with E-state index in [1.165, 1.54) is 23.8 Å². The first-order valence-electron chi connectivity index (χ1n) is 9.40. The highest BCUT2D eigenvalue weighted by atomic mass is 32.2. The molecule has 2 rings (SSSR count). The summed E-state index contributed by atoms with van der Waals surface area (Å²) in [6.45, 7) is 5.26. The van der Waals surface area contributed by atoms with Gasteiger partial charge in [-0.05, 0) is 11.6 Å². The standard InChI is InChI=1S/C20H27N5O4S/c1-20(2,16-8-5-4-6-9-16)15-23-19(21-3)22-12-13-24-30(28,29)18-11-7-10-17(14-18)25(26)27/h4-11,14,24H,12-13,15H2,1-3H3,(H2,21,22,23). The van der Waals surface area contributed by atoms with Gasteiger partial charge in [0.15, 0.2) is 5.96 Å². The molecule has 0 aliphatic heterocycles. The van der Waals surface area contributed by atoms with Gasteiger partial charge in [0.2, 0.25) is 10.0 Å². The van der Waals surface area contributed by atoms with Crippen molar-refractivity contribution in [2.45, 2.75) is 24.2 Å². The van der Waals surface area contributed by atoms with Crippen LogP contribution in [0.3, 0.4) is 0 Å². The van der Waals surface area contributed by atoms with Crippen LogP contribution in [0.15, 0.2) is 64.5 Å². The molecule has 0 atom stereocenters. The number of sulfonamides is 1. The minimum absolute atomic E-state index is 0.0911. The molecule has 0 unspecified atom stereocenters. The van der Waals surface area contributed by atoms with E-state index in [1.54, 1.807) is 7.05 Å². The van der Waals surface area contributed by atoms with Crippen LogP contribution in [0.2, 0.25) is 0 Å². The molecule has 2 aromatic rings. The minimum Gasteiger partial charge on any atom is -0.356 e. The fourth-order valence-corrected chi connectivity index (χ4v) is 3.80. The van der Waals surface area contributed by atoms with E-state index >= 15 is 0 Å². The number of guanidine groups is 1. The Morgan fingerprint density at radius 2 is 1.77 bits per heavy atom. The van der Waals surface area contributed by atoms with E-state index in [0.29, 0.717) is 19.0 Å². The zero-order chi connectivity index (χ0) is 22.2. The van der Waals surface area contributed by atoms with Gasteiger partial charge in [0.25, 0.3) is 5.69 Å². The highest BCUT2D eigenvalue weighted by Crippen LogP contribution is 2.21. The van der Waals surface area contributed by atoms with Crippen molar-refractivity contribution in [3.8, 4) is 0 Å². The molecule has 9 nitrogen and oxygen atoms in total. The van der Waals surface area contributed by atoms with E-state index in [-0.39, 0.29) is 22.5 Å². The lowest BCUT2D eigenvalue weighted by molar-refractivity contribution is -0.385. The Morgan fingerprint density at radius 1 is 1.07 bits per heavy atom. The van der Waals surface area contributed by atoms with Crippen molar-refractivity contribution in [1.82, 2.24) is 15.4 Å². The Labute approximate surface area is 176 Å². The van der Waals surface area contributed by atoms with Gasteiger partial charge in [0.1, 0.15) is 0 Å². The topological polar surface area (TPSA) is 126 Å². The molecule has 0 fully saturated rings. The van der Waals surface area contributed by atoms with Crippen molar-refractivity contribution in [3.63, 3.8) is 0 Å². The van der Waals surface area contributed by atoms with Crippen molar-refractivity contribution >= 4 is 21.7 Å². The molecule has 0 saturated heterocycles. The van der Waals surface area contributed by atoms with Gasteiger partial charge >= 0.3 is 0 Å². The number of hydrogen-bond donors (Lipinski definition) is 3. The summed E-state index contributed by atoms with van der Waals surface area (Å²) in [5.41, 5.74) is 0.793. The second-order valence-electron chi connectivity index (χ2n) is 7.25. The van der Waals surface area contributed by atoms with Gasteiger partial charge in [-0.15, -0.1) is 0 Å². The highest BCUT2D eigenvalue weighted by Gasteiger charge is 2.21. The second-order valence-corrected chi connectivity index (χ2v) is 9.02. The smallest absolute Gasteiger partial charge is 0.270 e. The maximum atomic E-state index is 12.3. The summed E-state index contributed by atoms with van der Waals surface area (Å²) >= 11 is 0. The summed E-state index contributed by atoms with van der Waals surface area (Å²) in [4.78, 5) is 14.2. The number of nitro groups is 1. The number of non-ortho nitro benzene ring substituents is 1. The lowest BCUT2D eigenvalue weighted by Gasteiger charge is -2.26. The van der Waals surface area contributed by atoms with Crippen molar-refractivity contribution < 1.29 is 13.3 Å². The van der Waals surface area contributed by atoms with E-state index in [4.69, 9.17) is 0 Å². The molecule has 10 heteroatoms. The number of nitrogens with one attached hydrogen (secondary N) is 3. The van der Waals surface area contributed by atoms with Crippen molar-refractivity contribution in [2.24, 2.45) is 4.99 Å². The Hall–Kier alpha value is -2.98. The first-order chi connectivity index (χ1) is 14.2. The van der Waals surface area contributed by atoms with Crippen LogP contribution in [0.5, 0.6) is 0 Å². The third-order valence-electron chi connectivity index (χ3n) is 4.52. The van der Waals surface area contributed by atoms with Crippen LogP contribution in [-0.2, 0) is 15.4 Å². The number of benzene rings is 2. The predicted octanol–water partition coefficient (Wildman–Crippen LogP) is 2.02. The SMILES string of the molecule is CN=C(NCCNS(=O)(=O)c1cccc([N+](=O)[O-])c1)NCC(C)(C)c1ccccc1. The largest absolute Gasteiger partial charge is 0.356 e. The quantitative estimate of drug-likeness (QED) is 0.183. The molecule has 0 spiro atoms. The molecule has 0 saturated carbocycles. The summed E-state index contributed by atoms with van der Waals surface area (Å²) < 4.78 is 27.1. The zero-order valence-corrected chi connectivity index (χ0v) is 18.1. The van der Waals surface area contributed by atoms with Crippen LogP contribution in [0, 0.1) is 10.1 Å². The predicted molar refractivity (Wildman–Crippen MR) is 117 cm³/mol. The van der Waals surface area contributed by atoms with E-state index in [1.807, 2.05) is 18.2 Å². The zero-order valence-electron chi connectivity index (χ0n) is 17.3.